The molecule has 3 rings (SSSR count). The lowest BCUT2D eigenvalue weighted by atomic mass is 10.0. The van der Waals surface area contributed by atoms with Crippen molar-refractivity contribution in [3.8, 4) is 11.5 Å². The molecule has 0 spiro atoms. The van der Waals surface area contributed by atoms with Crippen molar-refractivity contribution in [1.82, 2.24) is 5.43 Å². The molecule has 0 aliphatic rings. The molecule has 0 aromatic heterocycles. The van der Waals surface area contributed by atoms with E-state index in [1.54, 1.807) is 25.1 Å². The van der Waals surface area contributed by atoms with Crippen LogP contribution in [0.3, 0.4) is 0 Å². The molecule has 0 aliphatic heterocycles. The lowest BCUT2D eigenvalue weighted by molar-refractivity contribution is -0.127. The first-order valence-corrected chi connectivity index (χ1v) is 8.86. The maximum Gasteiger partial charge on any atom is 0.280 e. The van der Waals surface area contributed by atoms with Gasteiger partial charge in [-0.2, -0.15) is 5.10 Å². The topological polar surface area (TPSA) is 70.9 Å². The lowest BCUT2D eigenvalue weighted by Gasteiger charge is -2.14. The van der Waals surface area contributed by atoms with Gasteiger partial charge in [-0.15, -0.1) is 0 Å². The highest BCUT2D eigenvalue weighted by atomic mass is 35.5. The van der Waals surface area contributed by atoms with E-state index in [0.29, 0.717) is 21.4 Å². The molecular formula is C20H16Cl2N2O3. The summed E-state index contributed by atoms with van der Waals surface area (Å²) in [5.41, 5.74) is 2.92. The number of phenols is 1. The molecule has 0 heterocycles. The van der Waals surface area contributed by atoms with Gasteiger partial charge in [-0.05, 0) is 42.0 Å². The second-order valence-corrected chi connectivity index (χ2v) is 6.63. The van der Waals surface area contributed by atoms with Crippen molar-refractivity contribution >= 4 is 46.1 Å². The molecular weight excluding hydrogens is 387 g/mol. The zero-order valence-electron chi connectivity index (χ0n) is 14.3. The Morgan fingerprint density at radius 2 is 1.96 bits per heavy atom. The number of nitrogens with one attached hydrogen (secondary N) is 1. The number of benzene rings is 3. The second-order valence-electron chi connectivity index (χ2n) is 5.79. The van der Waals surface area contributed by atoms with Gasteiger partial charge in [-0.1, -0.05) is 53.5 Å². The Labute approximate surface area is 166 Å². The number of amides is 1. The van der Waals surface area contributed by atoms with Gasteiger partial charge in [0.2, 0.25) is 0 Å². The van der Waals surface area contributed by atoms with Crippen molar-refractivity contribution in [3.63, 3.8) is 0 Å². The van der Waals surface area contributed by atoms with Crippen LogP contribution in [0.4, 0.5) is 0 Å². The molecule has 7 heteroatoms. The van der Waals surface area contributed by atoms with E-state index in [1.165, 1.54) is 12.3 Å². The zero-order valence-corrected chi connectivity index (χ0v) is 15.8. The Bertz CT molecular complexity index is 1020. The van der Waals surface area contributed by atoms with Crippen molar-refractivity contribution in [3.05, 3.63) is 70.2 Å². The van der Waals surface area contributed by atoms with Gasteiger partial charge in [0.1, 0.15) is 11.5 Å². The van der Waals surface area contributed by atoms with Crippen LogP contribution in [0.1, 0.15) is 12.5 Å². The van der Waals surface area contributed by atoms with Crippen LogP contribution < -0.4 is 10.2 Å². The molecule has 1 atom stereocenters. The molecule has 5 nitrogen and oxygen atoms in total. The third-order valence-corrected chi connectivity index (χ3v) is 4.41. The molecule has 1 unspecified atom stereocenters. The summed E-state index contributed by atoms with van der Waals surface area (Å²) in [7, 11) is 0. The van der Waals surface area contributed by atoms with Crippen molar-refractivity contribution < 1.29 is 14.6 Å². The van der Waals surface area contributed by atoms with E-state index >= 15 is 0 Å². The SMILES string of the molecule is CC(Oc1ccc(Cl)cc1Cl)C(=O)N/N=C\c1c(O)ccc2ccccc12. The summed E-state index contributed by atoms with van der Waals surface area (Å²) in [6.07, 6.45) is 0.569. The minimum Gasteiger partial charge on any atom is -0.507 e. The molecule has 27 heavy (non-hydrogen) atoms. The Morgan fingerprint density at radius 1 is 1.19 bits per heavy atom. The van der Waals surface area contributed by atoms with Gasteiger partial charge in [-0.25, -0.2) is 5.43 Å². The number of nitrogens with zero attached hydrogens (tertiary/aromatic N) is 1. The first kappa shape index (κ1) is 19.0. The minimum atomic E-state index is -0.832. The molecule has 0 bridgehead atoms. The number of hydrazone groups is 1. The highest BCUT2D eigenvalue weighted by molar-refractivity contribution is 6.35. The molecule has 3 aromatic rings. The summed E-state index contributed by atoms with van der Waals surface area (Å²) in [5, 5.41) is 16.6. The summed E-state index contributed by atoms with van der Waals surface area (Å²) >= 11 is 11.9. The van der Waals surface area contributed by atoms with E-state index < -0.39 is 12.0 Å². The average molecular weight is 403 g/mol. The van der Waals surface area contributed by atoms with Crippen LogP contribution in [0.15, 0.2) is 59.7 Å². The minimum absolute atomic E-state index is 0.0731. The summed E-state index contributed by atoms with van der Waals surface area (Å²) in [5.74, 6) is -0.0414. The van der Waals surface area contributed by atoms with Crippen LogP contribution in [0.2, 0.25) is 10.0 Å². The molecule has 0 aliphatic carbocycles. The van der Waals surface area contributed by atoms with Crippen LogP contribution in [0.25, 0.3) is 10.8 Å². The van der Waals surface area contributed by atoms with Crippen molar-refractivity contribution in [2.24, 2.45) is 5.10 Å². The summed E-state index contributed by atoms with van der Waals surface area (Å²) < 4.78 is 5.53. The maximum atomic E-state index is 12.2. The van der Waals surface area contributed by atoms with Gasteiger partial charge in [0.15, 0.2) is 6.10 Å². The van der Waals surface area contributed by atoms with E-state index in [4.69, 9.17) is 27.9 Å². The van der Waals surface area contributed by atoms with Crippen LogP contribution in [0, 0.1) is 0 Å². The van der Waals surface area contributed by atoms with Crippen LogP contribution in [0.5, 0.6) is 11.5 Å². The van der Waals surface area contributed by atoms with Crippen molar-refractivity contribution in [2.45, 2.75) is 13.0 Å². The Hall–Kier alpha value is -2.76. The van der Waals surface area contributed by atoms with Crippen molar-refractivity contribution in [1.29, 1.82) is 0 Å². The fraction of sp³-hybridized carbons (Fsp3) is 0.100. The van der Waals surface area contributed by atoms with E-state index in [2.05, 4.69) is 10.5 Å². The van der Waals surface area contributed by atoms with Gasteiger partial charge in [-0.3, -0.25) is 4.79 Å². The third kappa shape index (κ3) is 4.51. The molecule has 138 valence electrons. The summed E-state index contributed by atoms with van der Waals surface area (Å²) in [4.78, 5) is 12.2. The predicted molar refractivity (Wildman–Crippen MR) is 108 cm³/mol. The van der Waals surface area contributed by atoms with Crippen LogP contribution in [-0.2, 0) is 4.79 Å². The average Bonchev–Trinajstić information content (AvgIpc) is 2.65. The molecule has 0 saturated heterocycles. The molecule has 3 aromatic carbocycles. The number of hydrogen-bond acceptors (Lipinski definition) is 4. The standard InChI is InChI=1S/C20H16Cl2N2O3/c1-12(27-19-9-7-14(21)10-17(19)22)20(26)24-23-11-16-15-5-3-2-4-13(15)6-8-18(16)25/h2-12,25H,1H3,(H,24,26)/b23-11-. The monoisotopic (exact) mass is 402 g/mol. The molecule has 1 amide bonds. The van der Waals surface area contributed by atoms with Crippen molar-refractivity contribution in [2.75, 3.05) is 0 Å². The molecule has 0 saturated carbocycles. The van der Waals surface area contributed by atoms with Gasteiger partial charge < -0.3 is 9.84 Å². The predicted octanol–water partition coefficient (Wildman–Crippen LogP) is 4.77. The quantitative estimate of drug-likeness (QED) is 0.476. The number of phenolic OH excluding ortho intramolecular Hbond substituents is 1. The number of hydrogen-bond donors (Lipinski definition) is 2. The molecule has 0 radical (unpaired) electrons. The fourth-order valence-electron chi connectivity index (χ4n) is 2.49. The highest BCUT2D eigenvalue weighted by Crippen LogP contribution is 2.28. The van der Waals surface area contributed by atoms with E-state index in [-0.39, 0.29) is 5.75 Å². The number of carbonyl (C=O) groups is 1. The number of fused-ring (bicyclic) bond motifs is 1. The smallest absolute Gasteiger partial charge is 0.280 e. The van der Waals surface area contributed by atoms with Gasteiger partial charge >= 0.3 is 0 Å². The Balaban J connectivity index is 1.69. The fourth-order valence-corrected chi connectivity index (χ4v) is 2.94. The largest absolute Gasteiger partial charge is 0.507 e. The first-order chi connectivity index (χ1) is 13.0. The number of halogens is 2. The van der Waals surface area contributed by atoms with Gasteiger partial charge in [0.25, 0.3) is 5.91 Å². The summed E-state index contributed by atoms with van der Waals surface area (Å²) in [6.45, 7) is 1.57. The Morgan fingerprint density at radius 3 is 2.74 bits per heavy atom. The van der Waals surface area contributed by atoms with E-state index in [9.17, 15) is 9.90 Å². The zero-order chi connectivity index (χ0) is 19.4. The number of carbonyl (C=O) groups excluding carboxylic acids is 1. The third-order valence-electron chi connectivity index (χ3n) is 3.88. The summed E-state index contributed by atoms with van der Waals surface area (Å²) in [6, 6.07) is 15.7. The van der Waals surface area contributed by atoms with Gasteiger partial charge in [0.05, 0.1) is 11.2 Å². The van der Waals surface area contributed by atoms with Crippen LogP contribution in [-0.4, -0.2) is 23.3 Å². The highest BCUT2D eigenvalue weighted by Gasteiger charge is 2.16. The maximum absolute atomic E-state index is 12.2. The Kier molecular flexibility index (Phi) is 5.84. The van der Waals surface area contributed by atoms with E-state index in [0.717, 1.165) is 10.8 Å². The normalized spacial score (nSPS) is 12.3. The lowest BCUT2D eigenvalue weighted by Crippen LogP contribution is -2.33. The second kappa shape index (κ2) is 8.29. The van der Waals surface area contributed by atoms with E-state index in [1.807, 2.05) is 30.3 Å². The number of rotatable bonds is 5. The van der Waals surface area contributed by atoms with Crippen LogP contribution >= 0.6 is 23.2 Å². The molecule has 2 N–H and O–H groups in total. The first-order valence-electron chi connectivity index (χ1n) is 8.11. The molecule has 0 fully saturated rings. The van der Waals surface area contributed by atoms with Gasteiger partial charge in [0, 0.05) is 10.6 Å². The number of aromatic hydroxyl groups is 1. The number of ether oxygens (including phenoxy) is 1.